The van der Waals surface area contributed by atoms with Crippen LogP contribution >= 0.6 is 11.6 Å². The number of benzene rings is 3. The molecule has 0 radical (unpaired) electrons. The normalized spacial score (nSPS) is 10.9. The average Bonchev–Trinajstić information content (AvgIpc) is 2.66. The van der Waals surface area contributed by atoms with Gasteiger partial charge in [-0.25, -0.2) is 4.39 Å². The Kier molecular flexibility index (Phi) is 5.87. The van der Waals surface area contributed by atoms with Crippen LogP contribution in [0.25, 0.3) is 0 Å². The van der Waals surface area contributed by atoms with Gasteiger partial charge in [0.25, 0.3) is 0 Å². The molecule has 0 aliphatic heterocycles. The molecule has 132 valence electrons. The minimum Gasteiger partial charge on any atom is -0.497 e. The van der Waals surface area contributed by atoms with E-state index in [1.165, 1.54) is 12.1 Å². The summed E-state index contributed by atoms with van der Waals surface area (Å²) in [6, 6.07) is 19.0. The summed E-state index contributed by atoms with van der Waals surface area (Å²) in [5.74, 6) is 1.10. The minimum atomic E-state index is -0.288. The van der Waals surface area contributed by atoms with Crippen molar-refractivity contribution in [2.75, 3.05) is 7.11 Å². The van der Waals surface area contributed by atoms with Crippen LogP contribution in [0.4, 0.5) is 10.1 Å². The lowest BCUT2D eigenvalue weighted by Gasteiger charge is -2.10. The largest absolute Gasteiger partial charge is 0.497 e. The first-order valence-electron chi connectivity index (χ1n) is 7.99. The smallest absolute Gasteiger partial charge is 0.128 e. The molecule has 0 N–H and O–H groups in total. The SMILES string of the molecule is COc1ccc(N=Cc2cc(Cl)ccc2OCc2cccc(F)c2)cc1. The van der Waals surface area contributed by atoms with Gasteiger partial charge in [0.05, 0.1) is 12.8 Å². The summed E-state index contributed by atoms with van der Waals surface area (Å²) in [6.45, 7) is 0.253. The predicted molar refractivity (Wildman–Crippen MR) is 102 cm³/mol. The second-order valence-electron chi connectivity index (χ2n) is 5.56. The highest BCUT2D eigenvalue weighted by Crippen LogP contribution is 2.24. The van der Waals surface area contributed by atoms with Crippen LogP contribution in [-0.2, 0) is 6.61 Å². The van der Waals surface area contributed by atoms with Crippen molar-refractivity contribution in [3.05, 3.63) is 88.7 Å². The number of hydrogen-bond acceptors (Lipinski definition) is 3. The molecule has 26 heavy (non-hydrogen) atoms. The van der Waals surface area contributed by atoms with E-state index in [1.54, 1.807) is 37.6 Å². The third-order valence-corrected chi connectivity index (χ3v) is 3.92. The van der Waals surface area contributed by atoms with Gasteiger partial charge in [0.2, 0.25) is 0 Å². The van der Waals surface area contributed by atoms with Crippen molar-refractivity contribution in [3.63, 3.8) is 0 Å². The molecule has 0 unspecified atom stereocenters. The number of hydrogen-bond donors (Lipinski definition) is 0. The number of nitrogens with zero attached hydrogens (tertiary/aromatic N) is 1. The van der Waals surface area contributed by atoms with Crippen LogP contribution in [0.5, 0.6) is 11.5 Å². The topological polar surface area (TPSA) is 30.8 Å². The zero-order chi connectivity index (χ0) is 18.4. The number of halogens is 2. The monoisotopic (exact) mass is 369 g/mol. The van der Waals surface area contributed by atoms with Crippen molar-refractivity contribution in [2.45, 2.75) is 6.61 Å². The van der Waals surface area contributed by atoms with Crippen LogP contribution in [0, 0.1) is 5.82 Å². The molecule has 0 aliphatic carbocycles. The van der Waals surface area contributed by atoms with Gasteiger partial charge in [0, 0.05) is 16.8 Å². The van der Waals surface area contributed by atoms with Crippen LogP contribution < -0.4 is 9.47 Å². The summed E-state index contributed by atoms with van der Waals surface area (Å²) in [4.78, 5) is 4.44. The highest BCUT2D eigenvalue weighted by molar-refractivity contribution is 6.30. The van der Waals surface area contributed by atoms with Crippen molar-refractivity contribution in [3.8, 4) is 11.5 Å². The molecule has 3 nitrogen and oxygen atoms in total. The predicted octanol–water partition coefficient (Wildman–Crippen LogP) is 5.82. The number of ether oxygens (including phenoxy) is 2. The van der Waals surface area contributed by atoms with Gasteiger partial charge in [0.15, 0.2) is 0 Å². The Morgan fingerprint density at radius 3 is 2.58 bits per heavy atom. The fourth-order valence-corrected chi connectivity index (χ4v) is 2.53. The Morgan fingerprint density at radius 1 is 1.04 bits per heavy atom. The second kappa shape index (κ2) is 8.50. The first kappa shape index (κ1) is 18.0. The average molecular weight is 370 g/mol. The summed E-state index contributed by atoms with van der Waals surface area (Å²) in [5, 5.41) is 0.583. The van der Waals surface area contributed by atoms with E-state index < -0.39 is 0 Å². The maximum absolute atomic E-state index is 13.3. The van der Waals surface area contributed by atoms with Crippen LogP contribution in [0.2, 0.25) is 5.02 Å². The van der Waals surface area contributed by atoms with Crippen molar-refractivity contribution in [2.24, 2.45) is 4.99 Å². The minimum absolute atomic E-state index is 0.253. The molecule has 3 rings (SSSR count). The molecule has 0 saturated carbocycles. The molecular weight excluding hydrogens is 353 g/mol. The molecule has 0 fully saturated rings. The molecular formula is C21H17ClFNO2. The van der Waals surface area contributed by atoms with E-state index in [2.05, 4.69) is 4.99 Å². The molecule has 0 heterocycles. The van der Waals surface area contributed by atoms with Crippen LogP contribution in [0.3, 0.4) is 0 Å². The quantitative estimate of drug-likeness (QED) is 0.513. The highest BCUT2D eigenvalue weighted by atomic mass is 35.5. The van der Waals surface area contributed by atoms with Crippen molar-refractivity contribution in [1.29, 1.82) is 0 Å². The fourth-order valence-electron chi connectivity index (χ4n) is 2.35. The maximum atomic E-state index is 13.3. The lowest BCUT2D eigenvalue weighted by atomic mass is 10.2. The lowest BCUT2D eigenvalue weighted by molar-refractivity contribution is 0.305. The van der Waals surface area contributed by atoms with E-state index in [-0.39, 0.29) is 12.4 Å². The van der Waals surface area contributed by atoms with Crippen molar-refractivity contribution < 1.29 is 13.9 Å². The Morgan fingerprint density at radius 2 is 1.85 bits per heavy atom. The summed E-state index contributed by atoms with van der Waals surface area (Å²) < 4.78 is 24.2. The van der Waals surface area contributed by atoms with Crippen molar-refractivity contribution in [1.82, 2.24) is 0 Å². The van der Waals surface area contributed by atoms with Gasteiger partial charge in [0.1, 0.15) is 23.9 Å². The molecule has 3 aromatic rings. The Balaban J connectivity index is 1.77. The molecule has 0 bridgehead atoms. The summed E-state index contributed by atoms with van der Waals surface area (Å²) in [7, 11) is 1.62. The molecule has 0 aromatic heterocycles. The highest BCUT2D eigenvalue weighted by Gasteiger charge is 2.04. The zero-order valence-corrected chi connectivity index (χ0v) is 14.9. The van der Waals surface area contributed by atoms with Gasteiger partial charge in [-0.2, -0.15) is 0 Å². The standard InChI is InChI=1S/C21H17ClFNO2/c1-25-20-8-6-19(7-9-20)24-13-16-12-17(22)5-10-21(16)26-14-15-3-2-4-18(23)11-15/h2-13H,14H2,1H3. The van der Waals surface area contributed by atoms with Crippen molar-refractivity contribution >= 4 is 23.5 Å². The number of aliphatic imine (C=N–C) groups is 1. The van der Waals surface area contributed by atoms with Gasteiger partial charge in [-0.3, -0.25) is 4.99 Å². The summed E-state index contributed by atoms with van der Waals surface area (Å²) in [6.07, 6.45) is 1.69. The van der Waals surface area contributed by atoms with Gasteiger partial charge in [-0.05, 0) is 60.2 Å². The van der Waals surface area contributed by atoms with Gasteiger partial charge >= 0.3 is 0 Å². The summed E-state index contributed by atoms with van der Waals surface area (Å²) in [5.41, 5.74) is 2.27. The Labute approximate surface area is 156 Å². The number of methoxy groups -OCH3 is 1. The molecule has 3 aromatic carbocycles. The molecule has 0 saturated heterocycles. The van der Waals surface area contributed by atoms with Gasteiger partial charge in [-0.15, -0.1) is 0 Å². The molecule has 0 aliphatic rings. The second-order valence-corrected chi connectivity index (χ2v) is 5.99. The van der Waals surface area contributed by atoms with E-state index in [4.69, 9.17) is 21.1 Å². The first-order chi connectivity index (χ1) is 12.6. The van der Waals surface area contributed by atoms with Gasteiger partial charge < -0.3 is 9.47 Å². The van der Waals surface area contributed by atoms with E-state index in [1.807, 2.05) is 30.3 Å². The van der Waals surface area contributed by atoms with Crippen LogP contribution in [-0.4, -0.2) is 13.3 Å². The van der Waals surface area contributed by atoms with Gasteiger partial charge in [-0.1, -0.05) is 23.7 Å². The van der Waals surface area contributed by atoms with E-state index in [9.17, 15) is 4.39 Å². The molecule has 0 amide bonds. The van der Waals surface area contributed by atoms with E-state index >= 15 is 0 Å². The summed E-state index contributed by atoms with van der Waals surface area (Å²) >= 11 is 6.09. The van der Waals surface area contributed by atoms with E-state index in [0.29, 0.717) is 10.8 Å². The van der Waals surface area contributed by atoms with Crippen LogP contribution in [0.15, 0.2) is 71.7 Å². The third-order valence-electron chi connectivity index (χ3n) is 3.68. The first-order valence-corrected chi connectivity index (χ1v) is 8.37. The molecule has 0 spiro atoms. The Bertz CT molecular complexity index is 910. The molecule has 0 atom stereocenters. The molecule has 5 heteroatoms. The maximum Gasteiger partial charge on any atom is 0.128 e. The zero-order valence-electron chi connectivity index (χ0n) is 14.2. The third kappa shape index (κ3) is 4.83. The van der Waals surface area contributed by atoms with E-state index in [0.717, 1.165) is 22.6 Å². The lowest BCUT2D eigenvalue weighted by Crippen LogP contribution is -1.99. The fraction of sp³-hybridized carbons (Fsp3) is 0.0952. The van der Waals surface area contributed by atoms with Crippen LogP contribution in [0.1, 0.15) is 11.1 Å². The number of rotatable bonds is 6. The Hall–Kier alpha value is -2.85.